The highest BCUT2D eigenvalue weighted by Gasteiger charge is 2.20. The topological polar surface area (TPSA) is 55.0 Å². The molecule has 0 saturated carbocycles. The van der Waals surface area contributed by atoms with Crippen LogP contribution in [0.25, 0.3) is 11.3 Å². The molecule has 1 saturated heterocycles. The summed E-state index contributed by atoms with van der Waals surface area (Å²) >= 11 is 0. The number of nitriles is 1. The summed E-state index contributed by atoms with van der Waals surface area (Å²) < 4.78 is 7.39. The van der Waals surface area contributed by atoms with Crippen molar-refractivity contribution in [2.24, 2.45) is 0 Å². The molecular formula is C19H20N2O2. The molecule has 2 aromatic rings. The molecule has 1 aromatic heterocycles. The number of aryl methyl sites for hydroxylation is 2. The quantitative estimate of drug-likeness (QED) is 0.875. The molecule has 3 rings (SSSR count). The molecule has 0 bridgehead atoms. The third-order valence-electron chi connectivity index (χ3n) is 4.37. The zero-order chi connectivity index (χ0) is 16.4. The summed E-state index contributed by atoms with van der Waals surface area (Å²) in [5.74, 6) is 0. The van der Waals surface area contributed by atoms with Gasteiger partial charge in [-0.05, 0) is 50.5 Å². The van der Waals surface area contributed by atoms with E-state index in [9.17, 15) is 4.79 Å². The molecule has 1 unspecified atom stereocenters. The van der Waals surface area contributed by atoms with E-state index >= 15 is 0 Å². The van der Waals surface area contributed by atoms with Gasteiger partial charge in [-0.1, -0.05) is 17.7 Å². The molecular weight excluding hydrogens is 288 g/mol. The van der Waals surface area contributed by atoms with Gasteiger partial charge in [0, 0.05) is 12.2 Å². The highest BCUT2D eigenvalue weighted by molar-refractivity contribution is 5.65. The second kappa shape index (κ2) is 6.39. The van der Waals surface area contributed by atoms with Crippen LogP contribution in [-0.4, -0.2) is 17.3 Å². The summed E-state index contributed by atoms with van der Waals surface area (Å²) in [5.41, 5.74) is 4.08. The van der Waals surface area contributed by atoms with E-state index in [2.05, 4.69) is 18.2 Å². The smallest absolute Gasteiger partial charge is 0.269 e. The maximum absolute atomic E-state index is 12.7. The Labute approximate surface area is 135 Å². The third kappa shape index (κ3) is 3.06. The zero-order valence-corrected chi connectivity index (χ0v) is 13.5. The van der Waals surface area contributed by atoms with E-state index in [0.717, 1.165) is 41.8 Å². The lowest BCUT2D eigenvalue weighted by Crippen LogP contribution is -2.29. The van der Waals surface area contributed by atoms with Crippen LogP contribution in [0.4, 0.5) is 0 Å². The number of aromatic nitrogens is 1. The molecule has 1 aliphatic heterocycles. The van der Waals surface area contributed by atoms with Crippen LogP contribution in [0.2, 0.25) is 0 Å². The van der Waals surface area contributed by atoms with E-state index in [-0.39, 0.29) is 17.2 Å². The van der Waals surface area contributed by atoms with Gasteiger partial charge in [-0.25, -0.2) is 0 Å². The third-order valence-corrected chi connectivity index (χ3v) is 4.37. The number of ether oxygens (including phenoxy) is 1. The molecule has 1 atom stereocenters. The van der Waals surface area contributed by atoms with Gasteiger partial charge >= 0.3 is 0 Å². The fraction of sp³-hybridized carbons (Fsp3) is 0.368. The Morgan fingerprint density at radius 3 is 2.83 bits per heavy atom. The predicted octanol–water partition coefficient (Wildman–Crippen LogP) is 3.18. The maximum atomic E-state index is 12.7. The summed E-state index contributed by atoms with van der Waals surface area (Å²) in [6.45, 7) is 5.32. The van der Waals surface area contributed by atoms with Crippen LogP contribution in [0.5, 0.6) is 0 Å². The standard InChI is InChI=1S/C19H20N2O2/c1-13-5-6-14(2)17(10-13)18-8-7-15(11-20)19(22)21(18)12-16-4-3-9-23-16/h5-8,10,16H,3-4,9,12H2,1-2H3. The van der Waals surface area contributed by atoms with Crippen LogP contribution in [0.3, 0.4) is 0 Å². The van der Waals surface area contributed by atoms with E-state index in [1.165, 1.54) is 0 Å². The van der Waals surface area contributed by atoms with Gasteiger partial charge in [0.2, 0.25) is 0 Å². The van der Waals surface area contributed by atoms with Crippen LogP contribution in [0, 0.1) is 25.2 Å². The SMILES string of the molecule is Cc1ccc(C)c(-c2ccc(C#N)c(=O)n2CC2CCCO2)c1. The average molecular weight is 308 g/mol. The molecule has 4 nitrogen and oxygen atoms in total. The first-order chi connectivity index (χ1) is 11.1. The first-order valence-electron chi connectivity index (χ1n) is 7.93. The lowest BCUT2D eigenvalue weighted by Gasteiger charge is -2.18. The van der Waals surface area contributed by atoms with Crippen molar-refractivity contribution in [3.8, 4) is 17.3 Å². The van der Waals surface area contributed by atoms with E-state index in [0.29, 0.717) is 6.54 Å². The van der Waals surface area contributed by atoms with Gasteiger partial charge < -0.3 is 9.30 Å². The molecule has 4 heteroatoms. The first kappa shape index (κ1) is 15.5. The first-order valence-corrected chi connectivity index (χ1v) is 7.93. The number of hydrogen-bond donors (Lipinski definition) is 0. The molecule has 1 aliphatic rings. The van der Waals surface area contributed by atoms with Crippen molar-refractivity contribution in [3.05, 3.63) is 57.4 Å². The lowest BCUT2D eigenvalue weighted by molar-refractivity contribution is 0.0965. The van der Waals surface area contributed by atoms with Crippen LogP contribution in [0.15, 0.2) is 35.1 Å². The fourth-order valence-corrected chi connectivity index (χ4v) is 3.08. The minimum atomic E-state index is -0.235. The Hall–Kier alpha value is -2.38. The lowest BCUT2D eigenvalue weighted by atomic mass is 10.0. The monoisotopic (exact) mass is 308 g/mol. The molecule has 1 fully saturated rings. The van der Waals surface area contributed by atoms with Gasteiger partial charge in [-0.15, -0.1) is 0 Å². The number of benzene rings is 1. The number of pyridine rings is 1. The van der Waals surface area contributed by atoms with E-state index < -0.39 is 0 Å². The summed E-state index contributed by atoms with van der Waals surface area (Å²) in [6.07, 6.45) is 2.02. The van der Waals surface area contributed by atoms with Crippen molar-refractivity contribution in [2.45, 2.75) is 39.3 Å². The van der Waals surface area contributed by atoms with Crippen LogP contribution in [0.1, 0.15) is 29.5 Å². The second-order valence-electron chi connectivity index (χ2n) is 6.11. The largest absolute Gasteiger partial charge is 0.376 e. The van der Waals surface area contributed by atoms with Crippen molar-refractivity contribution in [3.63, 3.8) is 0 Å². The van der Waals surface area contributed by atoms with Crippen molar-refractivity contribution < 1.29 is 4.74 Å². The summed E-state index contributed by atoms with van der Waals surface area (Å²) in [5, 5.41) is 9.17. The van der Waals surface area contributed by atoms with Gasteiger partial charge in [-0.3, -0.25) is 4.79 Å². The number of rotatable bonds is 3. The van der Waals surface area contributed by atoms with Crippen LogP contribution >= 0.6 is 0 Å². The fourth-order valence-electron chi connectivity index (χ4n) is 3.08. The minimum Gasteiger partial charge on any atom is -0.376 e. The molecule has 0 N–H and O–H groups in total. The van der Waals surface area contributed by atoms with E-state index in [1.54, 1.807) is 10.6 Å². The Morgan fingerprint density at radius 2 is 2.13 bits per heavy atom. The van der Waals surface area contributed by atoms with Crippen LogP contribution in [-0.2, 0) is 11.3 Å². The molecule has 1 aromatic carbocycles. The number of hydrogen-bond acceptors (Lipinski definition) is 3. The van der Waals surface area contributed by atoms with Crippen molar-refractivity contribution in [1.82, 2.24) is 4.57 Å². The molecule has 2 heterocycles. The Kier molecular flexibility index (Phi) is 4.31. The van der Waals surface area contributed by atoms with E-state index in [4.69, 9.17) is 10.00 Å². The normalized spacial score (nSPS) is 17.2. The molecule has 118 valence electrons. The van der Waals surface area contributed by atoms with Gasteiger partial charge in [0.15, 0.2) is 0 Å². The summed E-state index contributed by atoms with van der Waals surface area (Å²) in [6, 6.07) is 11.7. The zero-order valence-electron chi connectivity index (χ0n) is 13.5. The number of nitrogens with zero attached hydrogens (tertiary/aromatic N) is 2. The Bertz CT molecular complexity index is 824. The van der Waals surface area contributed by atoms with Crippen molar-refractivity contribution in [1.29, 1.82) is 5.26 Å². The molecule has 0 aliphatic carbocycles. The van der Waals surface area contributed by atoms with Crippen molar-refractivity contribution in [2.75, 3.05) is 6.61 Å². The van der Waals surface area contributed by atoms with Gasteiger partial charge in [0.05, 0.1) is 18.3 Å². The second-order valence-corrected chi connectivity index (χ2v) is 6.11. The predicted molar refractivity (Wildman–Crippen MR) is 89.3 cm³/mol. The summed E-state index contributed by atoms with van der Waals surface area (Å²) in [7, 11) is 0. The highest BCUT2D eigenvalue weighted by atomic mass is 16.5. The Morgan fingerprint density at radius 1 is 1.30 bits per heavy atom. The minimum absolute atomic E-state index is 0.0468. The van der Waals surface area contributed by atoms with Crippen LogP contribution < -0.4 is 5.56 Å². The molecule has 0 spiro atoms. The molecule has 0 amide bonds. The highest BCUT2D eigenvalue weighted by Crippen LogP contribution is 2.25. The average Bonchev–Trinajstić information content (AvgIpc) is 3.05. The molecule has 23 heavy (non-hydrogen) atoms. The molecule has 0 radical (unpaired) electrons. The van der Waals surface area contributed by atoms with Crippen molar-refractivity contribution >= 4 is 0 Å². The summed E-state index contributed by atoms with van der Waals surface area (Å²) in [4.78, 5) is 12.7. The van der Waals surface area contributed by atoms with Gasteiger partial charge in [0.1, 0.15) is 11.6 Å². The maximum Gasteiger partial charge on any atom is 0.269 e. The van der Waals surface area contributed by atoms with Gasteiger partial charge in [-0.2, -0.15) is 5.26 Å². The Balaban J connectivity index is 2.15. The van der Waals surface area contributed by atoms with Gasteiger partial charge in [0.25, 0.3) is 5.56 Å². The van der Waals surface area contributed by atoms with E-state index in [1.807, 2.05) is 26.0 Å².